The Morgan fingerprint density at radius 3 is 2.17 bits per heavy atom. The van der Waals surface area contributed by atoms with Crippen molar-refractivity contribution in [2.24, 2.45) is 0 Å². The summed E-state index contributed by atoms with van der Waals surface area (Å²) in [4.78, 5) is 0. The van der Waals surface area contributed by atoms with E-state index in [2.05, 4.69) is 60.7 Å². The van der Waals surface area contributed by atoms with Gasteiger partial charge in [0.25, 0.3) is 0 Å². The minimum atomic E-state index is -0.826. The molecule has 0 saturated carbocycles. The van der Waals surface area contributed by atoms with Crippen LogP contribution in [0, 0.1) is 0 Å². The van der Waals surface area contributed by atoms with Crippen LogP contribution in [0.15, 0.2) is 60.7 Å². The molecule has 0 fully saturated rings. The molecular formula is C15H12Cl2Zr. The van der Waals surface area contributed by atoms with E-state index in [1.807, 2.05) is 0 Å². The van der Waals surface area contributed by atoms with Crippen LogP contribution in [0.1, 0.15) is 16.7 Å². The van der Waals surface area contributed by atoms with Gasteiger partial charge < -0.3 is 0 Å². The molecule has 0 heterocycles. The van der Waals surface area contributed by atoms with E-state index in [1.54, 1.807) is 0 Å². The van der Waals surface area contributed by atoms with Crippen molar-refractivity contribution in [2.45, 2.75) is 6.42 Å². The molecule has 0 amide bonds. The molecule has 1 aliphatic rings. The van der Waals surface area contributed by atoms with E-state index in [0.717, 1.165) is 6.42 Å². The normalized spacial score (nSPS) is 12.0. The van der Waals surface area contributed by atoms with Gasteiger partial charge in [-0.25, -0.2) is 0 Å². The summed E-state index contributed by atoms with van der Waals surface area (Å²) in [6.45, 7) is 0. The maximum absolute atomic E-state index is 4.93. The molecule has 0 nitrogen and oxygen atoms in total. The molecule has 0 saturated heterocycles. The Bertz CT molecular complexity index is 535. The number of allylic oxidation sites excluding steroid dienone is 1. The number of hydrogen-bond donors (Lipinski definition) is 0. The quantitative estimate of drug-likeness (QED) is 0.672. The van der Waals surface area contributed by atoms with Gasteiger partial charge in [0.15, 0.2) is 0 Å². The average Bonchev–Trinajstić information content (AvgIpc) is 2.84. The molecular weight excluding hydrogens is 342 g/mol. The number of fused-ring (bicyclic) bond motifs is 1. The van der Waals surface area contributed by atoms with Crippen molar-refractivity contribution < 1.29 is 20.8 Å². The van der Waals surface area contributed by atoms with Gasteiger partial charge in [-0.1, -0.05) is 60.7 Å². The van der Waals surface area contributed by atoms with Crippen LogP contribution in [0.25, 0.3) is 5.57 Å². The summed E-state index contributed by atoms with van der Waals surface area (Å²) in [5.74, 6) is 0. The van der Waals surface area contributed by atoms with Crippen LogP contribution in [-0.4, -0.2) is 0 Å². The van der Waals surface area contributed by atoms with E-state index < -0.39 is 20.8 Å². The number of hydrogen-bond acceptors (Lipinski definition) is 0. The SMILES string of the molecule is C1=C(c2ccccc2)c2ccccc2C1.[Cl][Zr][Cl]. The van der Waals surface area contributed by atoms with Crippen molar-refractivity contribution in [3.63, 3.8) is 0 Å². The Labute approximate surface area is 126 Å². The predicted molar refractivity (Wildman–Crippen MR) is 75.4 cm³/mol. The zero-order valence-electron chi connectivity index (χ0n) is 9.74. The van der Waals surface area contributed by atoms with Crippen LogP contribution in [0.4, 0.5) is 0 Å². The van der Waals surface area contributed by atoms with Crippen molar-refractivity contribution in [3.05, 3.63) is 77.4 Å². The molecule has 3 heteroatoms. The second-order valence-corrected chi connectivity index (χ2v) is 7.65. The summed E-state index contributed by atoms with van der Waals surface area (Å²) < 4.78 is 0. The third-order valence-corrected chi connectivity index (χ3v) is 2.92. The maximum atomic E-state index is 4.93. The summed E-state index contributed by atoms with van der Waals surface area (Å²) in [7, 11) is 9.87. The van der Waals surface area contributed by atoms with E-state index in [9.17, 15) is 0 Å². The van der Waals surface area contributed by atoms with E-state index in [4.69, 9.17) is 17.0 Å². The average molecular weight is 354 g/mol. The Morgan fingerprint density at radius 1 is 0.833 bits per heavy atom. The van der Waals surface area contributed by atoms with Crippen molar-refractivity contribution in [3.8, 4) is 0 Å². The molecule has 90 valence electrons. The van der Waals surface area contributed by atoms with Gasteiger partial charge >= 0.3 is 37.9 Å². The van der Waals surface area contributed by atoms with Gasteiger partial charge in [0.2, 0.25) is 0 Å². The second kappa shape index (κ2) is 7.29. The van der Waals surface area contributed by atoms with Crippen LogP contribution in [-0.2, 0) is 27.3 Å². The van der Waals surface area contributed by atoms with E-state index in [-0.39, 0.29) is 0 Å². The van der Waals surface area contributed by atoms with E-state index >= 15 is 0 Å². The van der Waals surface area contributed by atoms with Gasteiger partial charge in [0.1, 0.15) is 0 Å². The number of halogens is 2. The predicted octanol–water partition coefficient (Wildman–Crippen LogP) is 5.05. The van der Waals surface area contributed by atoms with Gasteiger partial charge in [-0.3, -0.25) is 0 Å². The van der Waals surface area contributed by atoms with Crippen LogP contribution >= 0.6 is 17.0 Å². The fourth-order valence-corrected chi connectivity index (χ4v) is 2.17. The fourth-order valence-electron chi connectivity index (χ4n) is 2.17. The van der Waals surface area contributed by atoms with Gasteiger partial charge in [-0.15, -0.1) is 0 Å². The Kier molecular flexibility index (Phi) is 5.69. The molecule has 0 aliphatic heterocycles. The summed E-state index contributed by atoms with van der Waals surface area (Å²) in [5, 5.41) is 0. The topological polar surface area (TPSA) is 0 Å². The minimum absolute atomic E-state index is 0.826. The van der Waals surface area contributed by atoms with Crippen LogP contribution in [0.5, 0.6) is 0 Å². The molecule has 0 aromatic heterocycles. The Hall–Kier alpha value is -0.357. The van der Waals surface area contributed by atoms with Crippen molar-refractivity contribution >= 4 is 22.6 Å². The molecule has 18 heavy (non-hydrogen) atoms. The zero-order valence-corrected chi connectivity index (χ0v) is 13.7. The first-order valence-corrected chi connectivity index (χ1v) is 12.0. The molecule has 0 atom stereocenters. The third kappa shape index (κ3) is 3.35. The van der Waals surface area contributed by atoms with Crippen LogP contribution in [0.2, 0.25) is 0 Å². The second-order valence-electron chi connectivity index (χ2n) is 3.92. The summed E-state index contributed by atoms with van der Waals surface area (Å²) >= 11 is -0.826. The van der Waals surface area contributed by atoms with E-state index in [0.29, 0.717) is 0 Å². The molecule has 1 aliphatic carbocycles. The fraction of sp³-hybridized carbons (Fsp3) is 0.0667. The molecule has 2 aromatic carbocycles. The summed E-state index contributed by atoms with van der Waals surface area (Å²) in [5.41, 5.74) is 5.54. The van der Waals surface area contributed by atoms with Gasteiger partial charge in [0, 0.05) is 0 Å². The van der Waals surface area contributed by atoms with Gasteiger partial charge in [-0.2, -0.15) is 0 Å². The summed E-state index contributed by atoms with van der Waals surface area (Å²) in [6, 6.07) is 19.2. The first kappa shape index (κ1) is 14.1. The summed E-state index contributed by atoms with van der Waals surface area (Å²) in [6.07, 6.45) is 3.39. The number of benzene rings is 2. The Morgan fingerprint density at radius 2 is 1.44 bits per heavy atom. The van der Waals surface area contributed by atoms with Crippen LogP contribution < -0.4 is 0 Å². The molecule has 2 aromatic rings. The molecule has 0 radical (unpaired) electrons. The zero-order chi connectivity index (χ0) is 12.8. The van der Waals surface area contributed by atoms with Crippen LogP contribution in [0.3, 0.4) is 0 Å². The third-order valence-electron chi connectivity index (χ3n) is 2.92. The monoisotopic (exact) mass is 352 g/mol. The molecule has 0 unspecified atom stereocenters. The molecule has 0 N–H and O–H groups in total. The van der Waals surface area contributed by atoms with Crippen molar-refractivity contribution in [1.82, 2.24) is 0 Å². The van der Waals surface area contributed by atoms with Gasteiger partial charge in [-0.05, 0) is 28.7 Å². The standard InChI is InChI=1S/C15H12.2ClH.Zr/c1-2-6-12(7-3-1)15-11-10-13-8-4-5-9-14(13)15;;;/h1-9,11H,10H2;2*1H;/q;;;+2/p-2. The first-order chi connectivity index (χ1) is 8.86. The van der Waals surface area contributed by atoms with Crippen molar-refractivity contribution in [2.75, 3.05) is 0 Å². The number of rotatable bonds is 1. The van der Waals surface area contributed by atoms with Crippen molar-refractivity contribution in [1.29, 1.82) is 0 Å². The first-order valence-electron chi connectivity index (χ1n) is 5.67. The Balaban J connectivity index is 0.000000367. The molecule has 0 bridgehead atoms. The molecule has 3 rings (SSSR count). The molecule has 0 spiro atoms. The van der Waals surface area contributed by atoms with E-state index in [1.165, 1.54) is 22.3 Å². The van der Waals surface area contributed by atoms with Gasteiger partial charge in [0.05, 0.1) is 0 Å².